The topological polar surface area (TPSA) is 50.8 Å². The molecule has 2 aromatic rings. The zero-order chi connectivity index (χ0) is 17.4. The second kappa shape index (κ2) is 8.82. The van der Waals surface area contributed by atoms with Crippen LogP contribution in [0.4, 0.5) is 5.69 Å². The van der Waals surface area contributed by atoms with Crippen molar-refractivity contribution in [3.63, 3.8) is 0 Å². The number of amides is 1. The van der Waals surface area contributed by atoms with Gasteiger partial charge in [0.2, 0.25) is 0 Å². The standard InChI is InChI=1S/C19H24N2O3/c1-4-23-17-7-5-6-8-18(17)24-14-19(22)20-13-15-9-11-16(12-10-15)21(2)3/h5-12H,4,13-14H2,1-3H3,(H,20,22). The normalized spacial score (nSPS) is 10.1. The van der Waals surface area contributed by atoms with E-state index in [1.54, 1.807) is 6.07 Å². The zero-order valence-electron chi connectivity index (χ0n) is 14.4. The van der Waals surface area contributed by atoms with E-state index < -0.39 is 0 Å². The molecule has 2 aromatic carbocycles. The van der Waals surface area contributed by atoms with Crippen LogP contribution in [0.2, 0.25) is 0 Å². The molecule has 128 valence electrons. The first-order valence-electron chi connectivity index (χ1n) is 7.97. The molecule has 0 bridgehead atoms. The Morgan fingerprint density at radius 2 is 1.62 bits per heavy atom. The number of para-hydroxylation sites is 2. The number of nitrogens with zero attached hydrogens (tertiary/aromatic N) is 1. The molecule has 0 saturated heterocycles. The highest BCUT2D eigenvalue weighted by Gasteiger charge is 2.07. The maximum absolute atomic E-state index is 11.9. The van der Waals surface area contributed by atoms with Crippen molar-refractivity contribution in [2.45, 2.75) is 13.5 Å². The van der Waals surface area contributed by atoms with E-state index in [4.69, 9.17) is 9.47 Å². The minimum atomic E-state index is -0.169. The van der Waals surface area contributed by atoms with Gasteiger partial charge in [0.15, 0.2) is 18.1 Å². The summed E-state index contributed by atoms with van der Waals surface area (Å²) >= 11 is 0. The van der Waals surface area contributed by atoms with E-state index in [1.165, 1.54) is 0 Å². The average Bonchev–Trinajstić information content (AvgIpc) is 2.60. The van der Waals surface area contributed by atoms with E-state index in [1.807, 2.05) is 68.4 Å². The van der Waals surface area contributed by atoms with E-state index in [0.29, 0.717) is 24.7 Å². The third-order valence-corrected chi connectivity index (χ3v) is 3.45. The van der Waals surface area contributed by atoms with Gasteiger partial charge in [0, 0.05) is 26.3 Å². The molecule has 0 heterocycles. The molecule has 0 aliphatic rings. The van der Waals surface area contributed by atoms with Crippen LogP contribution >= 0.6 is 0 Å². The van der Waals surface area contributed by atoms with Crippen molar-refractivity contribution in [1.82, 2.24) is 5.32 Å². The Morgan fingerprint density at radius 3 is 2.21 bits per heavy atom. The quantitative estimate of drug-likeness (QED) is 0.809. The summed E-state index contributed by atoms with van der Waals surface area (Å²) in [6, 6.07) is 15.4. The molecule has 2 rings (SSSR count). The van der Waals surface area contributed by atoms with Gasteiger partial charge in [0.05, 0.1) is 6.61 Å². The molecule has 0 radical (unpaired) electrons. The highest BCUT2D eigenvalue weighted by Crippen LogP contribution is 2.26. The number of carbonyl (C=O) groups is 1. The lowest BCUT2D eigenvalue weighted by molar-refractivity contribution is -0.123. The van der Waals surface area contributed by atoms with Crippen LogP contribution in [-0.4, -0.2) is 33.2 Å². The van der Waals surface area contributed by atoms with Crippen molar-refractivity contribution in [3.05, 3.63) is 54.1 Å². The Bertz CT molecular complexity index is 654. The monoisotopic (exact) mass is 328 g/mol. The number of hydrogen-bond acceptors (Lipinski definition) is 4. The van der Waals surface area contributed by atoms with Crippen molar-refractivity contribution < 1.29 is 14.3 Å². The van der Waals surface area contributed by atoms with E-state index in [0.717, 1.165) is 11.3 Å². The number of anilines is 1. The molecule has 24 heavy (non-hydrogen) atoms. The molecule has 1 amide bonds. The summed E-state index contributed by atoms with van der Waals surface area (Å²) in [6.07, 6.45) is 0. The van der Waals surface area contributed by atoms with Gasteiger partial charge in [0.25, 0.3) is 5.91 Å². The van der Waals surface area contributed by atoms with Crippen LogP contribution in [0.25, 0.3) is 0 Å². The molecule has 0 fully saturated rings. The number of benzene rings is 2. The van der Waals surface area contributed by atoms with Gasteiger partial charge < -0.3 is 19.7 Å². The maximum atomic E-state index is 11.9. The highest BCUT2D eigenvalue weighted by atomic mass is 16.5. The molecule has 5 nitrogen and oxygen atoms in total. The third-order valence-electron chi connectivity index (χ3n) is 3.45. The van der Waals surface area contributed by atoms with Gasteiger partial charge in [-0.25, -0.2) is 0 Å². The fraction of sp³-hybridized carbons (Fsp3) is 0.316. The Balaban J connectivity index is 1.81. The van der Waals surface area contributed by atoms with Crippen molar-refractivity contribution >= 4 is 11.6 Å². The van der Waals surface area contributed by atoms with Crippen molar-refractivity contribution in [3.8, 4) is 11.5 Å². The number of hydrogen-bond donors (Lipinski definition) is 1. The number of ether oxygens (including phenoxy) is 2. The summed E-state index contributed by atoms with van der Waals surface area (Å²) in [5, 5.41) is 2.85. The van der Waals surface area contributed by atoms with E-state index >= 15 is 0 Å². The molecule has 0 aromatic heterocycles. The number of rotatable bonds is 8. The fourth-order valence-corrected chi connectivity index (χ4v) is 2.15. The molecule has 1 N–H and O–H groups in total. The smallest absolute Gasteiger partial charge is 0.258 e. The van der Waals surface area contributed by atoms with Gasteiger partial charge in [-0.2, -0.15) is 0 Å². The van der Waals surface area contributed by atoms with Crippen molar-refractivity contribution in [2.75, 3.05) is 32.2 Å². The first-order chi connectivity index (χ1) is 11.6. The number of carbonyl (C=O) groups excluding carboxylic acids is 1. The first kappa shape index (κ1) is 17.7. The van der Waals surface area contributed by atoms with Crippen LogP contribution < -0.4 is 19.7 Å². The first-order valence-corrected chi connectivity index (χ1v) is 7.97. The molecule has 5 heteroatoms. The Hall–Kier alpha value is -2.69. The van der Waals surface area contributed by atoms with Crippen molar-refractivity contribution in [1.29, 1.82) is 0 Å². The lowest BCUT2D eigenvalue weighted by Crippen LogP contribution is -2.28. The molecule has 0 aliphatic carbocycles. The summed E-state index contributed by atoms with van der Waals surface area (Å²) in [5.41, 5.74) is 2.17. The minimum Gasteiger partial charge on any atom is -0.490 e. The molecule has 0 saturated carbocycles. The molecular formula is C19H24N2O3. The van der Waals surface area contributed by atoms with Crippen molar-refractivity contribution in [2.24, 2.45) is 0 Å². The number of nitrogens with one attached hydrogen (secondary N) is 1. The zero-order valence-corrected chi connectivity index (χ0v) is 14.4. The van der Waals surface area contributed by atoms with Crippen LogP contribution in [0.5, 0.6) is 11.5 Å². The molecular weight excluding hydrogens is 304 g/mol. The predicted molar refractivity (Wildman–Crippen MR) is 95.7 cm³/mol. The maximum Gasteiger partial charge on any atom is 0.258 e. The van der Waals surface area contributed by atoms with Gasteiger partial charge in [-0.05, 0) is 36.8 Å². The molecule has 0 spiro atoms. The lowest BCUT2D eigenvalue weighted by Gasteiger charge is -2.13. The van der Waals surface area contributed by atoms with Crippen LogP contribution in [0, 0.1) is 0 Å². The highest BCUT2D eigenvalue weighted by molar-refractivity contribution is 5.77. The summed E-state index contributed by atoms with van der Waals surface area (Å²) < 4.78 is 11.0. The average molecular weight is 328 g/mol. The Labute approximate surface area is 143 Å². The Kier molecular flexibility index (Phi) is 6.49. The largest absolute Gasteiger partial charge is 0.490 e. The molecule has 0 unspecified atom stereocenters. The van der Waals surface area contributed by atoms with E-state index in [-0.39, 0.29) is 12.5 Å². The summed E-state index contributed by atoms with van der Waals surface area (Å²) in [5.74, 6) is 1.05. The summed E-state index contributed by atoms with van der Waals surface area (Å²) in [4.78, 5) is 14.0. The van der Waals surface area contributed by atoms with E-state index in [2.05, 4.69) is 5.32 Å². The molecule has 0 atom stereocenters. The SMILES string of the molecule is CCOc1ccccc1OCC(=O)NCc1ccc(N(C)C)cc1. The lowest BCUT2D eigenvalue weighted by atomic mass is 10.2. The third kappa shape index (κ3) is 5.19. The van der Waals surface area contributed by atoms with Crippen LogP contribution in [0.15, 0.2) is 48.5 Å². The van der Waals surface area contributed by atoms with Crippen LogP contribution in [-0.2, 0) is 11.3 Å². The van der Waals surface area contributed by atoms with Gasteiger partial charge in [-0.3, -0.25) is 4.79 Å². The Morgan fingerprint density at radius 1 is 1.00 bits per heavy atom. The van der Waals surface area contributed by atoms with Crippen LogP contribution in [0.1, 0.15) is 12.5 Å². The molecule has 0 aliphatic heterocycles. The predicted octanol–water partition coefficient (Wildman–Crippen LogP) is 2.85. The second-order valence-corrected chi connectivity index (χ2v) is 5.51. The van der Waals surface area contributed by atoms with Crippen LogP contribution in [0.3, 0.4) is 0 Å². The van der Waals surface area contributed by atoms with Gasteiger partial charge >= 0.3 is 0 Å². The minimum absolute atomic E-state index is 0.0418. The second-order valence-electron chi connectivity index (χ2n) is 5.51. The fourth-order valence-electron chi connectivity index (χ4n) is 2.15. The van der Waals surface area contributed by atoms with E-state index in [9.17, 15) is 4.79 Å². The summed E-state index contributed by atoms with van der Waals surface area (Å²) in [7, 11) is 3.99. The van der Waals surface area contributed by atoms with Gasteiger partial charge in [0.1, 0.15) is 0 Å². The van der Waals surface area contributed by atoms with Gasteiger partial charge in [-0.1, -0.05) is 24.3 Å². The van der Waals surface area contributed by atoms with Gasteiger partial charge in [-0.15, -0.1) is 0 Å². The summed E-state index contributed by atoms with van der Waals surface area (Å²) in [6.45, 7) is 2.89.